The van der Waals surface area contributed by atoms with Gasteiger partial charge in [0, 0.05) is 35.0 Å². The van der Waals surface area contributed by atoms with Crippen molar-refractivity contribution >= 4 is 43.5 Å². The summed E-state index contributed by atoms with van der Waals surface area (Å²) < 4.78 is 28.4. The van der Waals surface area contributed by atoms with E-state index < -0.39 is 15.9 Å². The summed E-state index contributed by atoms with van der Waals surface area (Å²) >= 11 is 9.53. The topological polar surface area (TPSA) is 79.4 Å². The van der Waals surface area contributed by atoms with E-state index in [4.69, 9.17) is 11.6 Å². The molecule has 3 aromatic rings. The van der Waals surface area contributed by atoms with E-state index in [2.05, 4.69) is 26.2 Å². The number of carbonyl (C=O) groups excluding carboxylic acids is 1. The number of carbonyl (C=O) groups is 1. The summed E-state index contributed by atoms with van der Waals surface area (Å²) in [6.45, 7) is -0.0882. The maximum atomic E-state index is 13.2. The molecule has 1 heterocycles. The van der Waals surface area contributed by atoms with Crippen molar-refractivity contribution in [1.82, 2.24) is 14.6 Å². The molecule has 0 bridgehead atoms. The Labute approximate surface area is 189 Å². The fourth-order valence-electron chi connectivity index (χ4n) is 2.72. The van der Waals surface area contributed by atoms with Gasteiger partial charge in [-0.25, -0.2) is 8.42 Å². The molecule has 0 aliphatic heterocycles. The lowest BCUT2D eigenvalue weighted by atomic mass is 10.2. The summed E-state index contributed by atoms with van der Waals surface area (Å²) in [5.41, 5.74) is 1.48. The van der Waals surface area contributed by atoms with Gasteiger partial charge in [0.2, 0.25) is 15.9 Å². The molecular weight excluding hydrogens is 490 g/mol. The molecule has 30 heavy (non-hydrogen) atoms. The van der Waals surface area contributed by atoms with Crippen LogP contribution in [0, 0.1) is 0 Å². The van der Waals surface area contributed by atoms with Crippen molar-refractivity contribution in [3.8, 4) is 0 Å². The van der Waals surface area contributed by atoms with Crippen molar-refractivity contribution in [3.63, 3.8) is 0 Å². The van der Waals surface area contributed by atoms with Gasteiger partial charge in [0.25, 0.3) is 0 Å². The van der Waals surface area contributed by atoms with Crippen LogP contribution in [0.15, 0.2) is 82.4 Å². The quantitative estimate of drug-likeness (QED) is 0.499. The first-order valence-electron chi connectivity index (χ1n) is 9.01. The van der Waals surface area contributed by atoms with Crippen molar-refractivity contribution in [2.45, 2.75) is 18.0 Å². The number of nitrogens with one attached hydrogen (secondary N) is 1. The average Bonchev–Trinajstić information content (AvgIpc) is 2.74. The Morgan fingerprint density at radius 3 is 2.37 bits per heavy atom. The Balaban J connectivity index is 1.82. The lowest BCUT2D eigenvalue weighted by molar-refractivity contribution is -0.121. The Morgan fingerprint density at radius 1 is 1.03 bits per heavy atom. The first-order chi connectivity index (χ1) is 14.4. The van der Waals surface area contributed by atoms with Crippen molar-refractivity contribution in [3.05, 3.63) is 93.7 Å². The standard InChI is InChI=1S/C21H19BrClN3O3S/c22-18-5-7-19(8-6-18)30(28,29)26(14-17-3-1-2-4-20(17)23)15-21(27)25-13-16-9-11-24-12-10-16/h1-12H,13-15H2,(H,25,27). The van der Waals surface area contributed by atoms with Crippen LogP contribution in [0.4, 0.5) is 0 Å². The molecule has 0 saturated heterocycles. The van der Waals surface area contributed by atoms with Gasteiger partial charge in [0.1, 0.15) is 0 Å². The first-order valence-corrected chi connectivity index (χ1v) is 11.6. The molecule has 0 atom stereocenters. The van der Waals surface area contributed by atoms with E-state index in [-0.39, 0.29) is 24.5 Å². The van der Waals surface area contributed by atoms with Gasteiger partial charge in [-0.3, -0.25) is 9.78 Å². The summed E-state index contributed by atoms with van der Waals surface area (Å²) in [4.78, 5) is 16.6. The minimum atomic E-state index is -3.93. The third-order valence-electron chi connectivity index (χ3n) is 4.31. The second-order valence-corrected chi connectivity index (χ2v) is 9.71. The molecule has 9 heteroatoms. The highest BCUT2D eigenvalue weighted by Crippen LogP contribution is 2.23. The lowest BCUT2D eigenvalue weighted by Gasteiger charge is -2.22. The molecule has 0 unspecified atom stereocenters. The van der Waals surface area contributed by atoms with E-state index in [0.29, 0.717) is 10.6 Å². The lowest BCUT2D eigenvalue weighted by Crippen LogP contribution is -2.40. The number of hydrogen-bond acceptors (Lipinski definition) is 4. The van der Waals surface area contributed by atoms with Gasteiger partial charge in [0.05, 0.1) is 11.4 Å². The van der Waals surface area contributed by atoms with E-state index in [0.717, 1.165) is 14.3 Å². The summed E-state index contributed by atoms with van der Waals surface area (Å²) in [7, 11) is -3.93. The van der Waals surface area contributed by atoms with E-state index in [9.17, 15) is 13.2 Å². The van der Waals surface area contributed by atoms with Gasteiger partial charge in [-0.2, -0.15) is 4.31 Å². The molecule has 1 N–H and O–H groups in total. The van der Waals surface area contributed by atoms with Crippen molar-refractivity contribution in [2.75, 3.05) is 6.54 Å². The molecule has 0 spiro atoms. The number of benzene rings is 2. The van der Waals surface area contributed by atoms with Crippen LogP contribution < -0.4 is 5.32 Å². The van der Waals surface area contributed by atoms with E-state index >= 15 is 0 Å². The van der Waals surface area contributed by atoms with E-state index in [1.807, 2.05) is 0 Å². The van der Waals surface area contributed by atoms with Crippen molar-refractivity contribution in [1.29, 1.82) is 0 Å². The SMILES string of the molecule is O=C(CN(Cc1ccccc1Cl)S(=O)(=O)c1ccc(Br)cc1)NCc1ccncc1. The maximum Gasteiger partial charge on any atom is 0.243 e. The zero-order valence-corrected chi connectivity index (χ0v) is 19.0. The summed E-state index contributed by atoms with van der Waals surface area (Å²) in [6.07, 6.45) is 3.26. The zero-order chi connectivity index (χ0) is 21.6. The number of nitrogens with zero attached hydrogens (tertiary/aromatic N) is 2. The summed E-state index contributed by atoms with van der Waals surface area (Å²) in [5.74, 6) is -0.417. The molecular formula is C21H19BrClN3O3S. The molecule has 6 nitrogen and oxygen atoms in total. The van der Waals surface area contributed by atoms with Crippen LogP contribution in [0.5, 0.6) is 0 Å². The predicted molar refractivity (Wildman–Crippen MR) is 119 cm³/mol. The van der Waals surface area contributed by atoms with Gasteiger partial charge < -0.3 is 5.32 Å². The number of hydrogen-bond donors (Lipinski definition) is 1. The van der Waals surface area contributed by atoms with Crippen LogP contribution in [0.25, 0.3) is 0 Å². The minimum absolute atomic E-state index is 0.0270. The monoisotopic (exact) mass is 507 g/mol. The second-order valence-electron chi connectivity index (χ2n) is 6.45. The molecule has 0 radical (unpaired) electrons. The van der Waals surface area contributed by atoms with Gasteiger partial charge in [-0.05, 0) is 53.6 Å². The summed E-state index contributed by atoms with van der Waals surface area (Å²) in [5, 5.41) is 3.19. The van der Waals surface area contributed by atoms with Crippen LogP contribution in [0.1, 0.15) is 11.1 Å². The molecule has 0 saturated carbocycles. The first kappa shape index (κ1) is 22.4. The highest BCUT2D eigenvalue weighted by Gasteiger charge is 2.27. The third kappa shape index (κ3) is 5.89. The number of sulfonamides is 1. The molecule has 2 aromatic carbocycles. The van der Waals surface area contributed by atoms with E-state index in [1.165, 1.54) is 12.1 Å². The molecule has 0 aliphatic rings. The average molecular weight is 509 g/mol. The molecule has 156 valence electrons. The van der Waals surface area contributed by atoms with Crippen LogP contribution in [-0.4, -0.2) is 30.2 Å². The Morgan fingerprint density at radius 2 is 1.70 bits per heavy atom. The predicted octanol–water partition coefficient (Wildman–Crippen LogP) is 4.00. The smallest absolute Gasteiger partial charge is 0.243 e. The van der Waals surface area contributed by atoms with Crippen LogP contribution in [0.3, 0.4) is 0 Å². The number of rotatable bonds is 8. The number of halogens is 2. The second kappa shape index (κ2) is 10.2. The summed E-state index contributed by atoms with van der Waals surface area (Å²) in [6, 6.07) is 16.8. The fourth-order valence-corrected chi connectivity index (χ4v) is 4.55. The van der Waals surface area contributed by atoms with Gasteiger partial charge >= 0.3 is 0 Å². The molecule has 1 amide bonds. The van der Waals surface area contributed by atoms with Crippen molar-refractivity contribution < 1.29 is 13.2 Å². The fraction of sp³-hybridized carbons (Fsp3) is 0.143. The van der Waals surface area contributed by atoms with Crippen LogP contribution >= 0.6 is 27.5 Å². The van der Waals surface area contributed by atoms with E-state index in [1.54, 1.807) is 60.9 Å². The van der Waals surface area contributed by atoms with Crippen LogP contribution in [0.2, 0.25) is 5.02 Å². The number of pyridine rings is 1. The Bertz CT molecular complexity index is 1110. The normalized spacial score (nSPS) is 11.4. The maximum absolute atomic E-state index is 13.2. The molecule has 0 fully saturated rings. The number of amides is 1. The highest BCUT2D eigenvalue weighted by atomic mass is 79.9. The Hall–Kier alpha value is -2.26. The zero-order valence-electron chi connectivity index (χ0n) is 15.8. The van der Waals surface area contributed by atoms with Gasteiger partial charge in [-0.1, -0.05) is 45.7 Å². The minimum Gasteiger partial charge on any atom is -0.351 e. The highest BCUT2D eigenvalue weighted by molar-refractivity contribution is 9.10. The molecule has 0 aliphatic carbocycles. The Kier molecular flexibility index (Phi) is 7.60. The molecule has 1 aromatic heterocycles. The van der Waals surface area contributed by atoms with Crippen molar-refractivity contribution in [2.24, 2.45) is 0 Å². The van der Waals surface area contributed by atoms with Gasteiger partial charge in [0.15, 0.2) is 0 Å². The van der Waals surface area contributed by atoms with Crippen LogP contribution in [-0.2, 0) is 27.9 Å². The van der Waals surface area contributed by atoms with Gasteiger partial charge in [-0.15, -0.1) is 0 Å². The molecule has 3 rings (SSSR count). The number of aromatic nitrogens is 1. The third-order valence-corrected chi connectivity index (χ3v) is 7.02. The largest absolute Gasteiger partial charge is 0.351 e.